The highest BCUT2D eigenvalue weighted by Gasteiger charge is 2.10. The zero-order valence-electron chi connectivity index (χ0n) is 14.9. The SMILES string of the molecule is COC(=O)Oc1ccc2nc(Nc3ccc(Nc4ccncc4)cc3)oc2c1. The minimum atomic E-state index is -0.794. The van der Waals surface area contributed by atoms with Crippen LogP contribution in [0.15, 0.2) is 71.4 Å². The Morgan fingerprint density at radius 3 is 2.32 bits per heavy atom. The lowest BCUT2D eigenvalue weighted by atomic mass is 10.2. The summed E-state index contributed by atoms with van der Waals surface area (Å²) in [4.78, 5) is 19.6. The predicted octanol–water partition coefficient (Wildman–Crippen LogP) is 4.86. The molecular formula is C20H16N4O4. The molecule has 0 aliphatic rings. The molecule has 8 nitrogen and oxygen atoms in total. The normalized spacial score (nSPS) is 10.5. The Morgan fingerprint density at radius 2 is 1.61 bits per heavy atom. The van der Waals surface area contributed by atoms with E-state index in [-0.39, 0.29) is 0 Å². The van der Waals surface area contributed by atoms with Gasteiger partial charge in [0.25, 0.3) is 6.01 Å². The van der Waals surface area contributed by atoms with Crippen LogP contribution in [-0.4, -0.2) is 23.2 Å². The third-order valence-corrected chi connectivity index (χ3v) is 3.83. The Morgan fingerprint density at radius 1 is 0.929 bits per heavy atom. The van der Waals surface area contributed by atoms with E-state index in [9.17, 15) is 4.79 Å². The van der Waals surface area contributed by atoms with Crippen LogP contribution in [0.4, 0.5) is 27.9 Å². The van der Waals surface area contributed by atoms with Crippen molar-refractivity contribution in [2.24, 2.45) is 0 Å². The van der Waals surface area contributed by atoms with Gasteiger partial charge in [-0.1, -0.05) is 0 Å². The highest BCUT2D eigenvalue weighted by atomic mass is 16.7. The molecular weight excluding hydrogens is 360 g/mol. The molecule has 0 saturated carbocycles. The average molecular weight is 376 g/mol. The molecule has 140 valence electrons. The van der Waals surface area contributed by atoms with Gasteiger partial charge in [0.1, 0.15) is 11.3 Å². The number of fused-ring (bicyclic) bond motifs is 1. The number of hydrogen-bond acceptors (Lipinski definition) is 8. The van der Waals surface area contributed by atoms with Gasteiger partial charge >= 0.3 is 6.16 Å². The minimum Gasteiger partial charge on any atom is -0.437 e. The second kappa shape index (κ2) is 7.67. The Hall–Kier alpha value is -4.07. The van der Waals surface area contributed by atoms with Gasteiger partial charge in [-0.15, -0.1) is 0 Å². The van der Waals surface area contributed by atoms with Crippen LogP contribution in [0, 0.1) is 0 Å². The van der Waals surface area contributed by atoms with E-state index in [4.69, 9.17) is 9.15 Å². The summed E-state index contributed by atoms with van der Waals surface area (Å²) < 4.78 is 15.1. The molecule has 0 radical (unpaired) electrons. The first-order chi connectivity index (χ1) is 13.7. The minimum absolute atomic E-state index is 0.314. The average Bonchev–Trinajstić information content (AvgIpc) is 3.11. The number of ether oxygens (including phenoxy) is 2. The maximum absolute atomic E-state index is 11.2. The molecule has 8 heteroatoms. The molecule has 0 atom stereocenters. The van der Waals surface area contributed by atoms with E-state index in [2.05, 4.69) is 25.3 Å². The number of hydrogen-bond donors (Lipinski definition) is 2. The van der Waals surface area contributed by atoms with Crippen molar-refractivity contribution in [3.05, 3.63) is 67.0 Å². The number of carbonyl (C=O) groups is 1. The van der Waals surface area contributed by atoms with Gasteiger partial charge < -0.3 is 24.5 Å². The lowest BCUT2D eigenvalue weighted by molar-refractivity contribution is 0.121. The van der Waals surface area contributed by atoms with Crippen LogP contribution in [0.5, 0.6) is 5.75 Å². The largest absolute Gasteiger partial charge is 0.513 e. The summed E-state index contributed by atoms with van der Waals surface area (Å²) in [6.45, 7) is 0. The first kappa shape index (κ1) is 17.3. The first-order valence-electron chi connectivity index (χ1n) is 8.40. The molecule has 0 unspecified atom stereocenters. The molecule has 0 bridgehead atoms. The molecule has 2 aromatic heterocycles. The number of pyridine rings is 1. The van der Waals surface area contributed by atoms with Crippen molar-refractivity contribution in [1.29, 1.82) is 0 Å². The van der Waals surface area contributed by atoms with Crippen LogP contribution < -0.4 is 15.4 Å². The number of rotatable bonds is 5. The highest BCUT2D eigenvalue weighted by Crippen LogP contribution is 2.26. The quantitative estimate of drug-likeness (QED) is 0.376. The number of carbonyl (C=O) groups excluding carboxylic acids is 1. The van der Waals surface area contributed by atoms with E-state index in [1.807, 2.05) is 36.4 Å². The zero-order chi connectivity index (χ0) is 19.3. The van der Waals surface area contributed by atoms with Crippen molar-refractivity contribution < 1.29 is 18.7 Å². The molecule has 0 fully saturated rings. The summed E-state index contributed by atoms with van der Waals surface area (Å²) in [6, 6.07) is 16.7. The lowest BCUT2D eigenvalue weighted by Gasteiger charge is -2.07. The van der Waals surface area contributed by atoms with E-state index in [0.717, 1.165) is 17.1 Å². The van der Waals surface area contributed by atoms with Crippen LogP contribution >= 0.6 is 0 Å². The fraction of sp³-hybridized carbons (Fsp3) is 0.0500. The Balaban J connectivity index is 1.46. The number of oxazole rings is 1. The summed E-state index contributed by atoms with van der Waals surface area (Å²) in [5.41, 5.74) is 3.84. The maximum atomic E-state index is 11.2. The molecule has 0 amide bonds. The number of aromatic nitrogens is 2. The van der Waals surface area contributed by atoms with Crippen molar-refractivity contribution in [3.8, 4) is 5.75 Å². The Kier molecular flexibility index (Phi) is 4.75. The summed E-state index contributed by atoms with van der Waals surface area (Å²) in [5, 5.41) is 6.39. The number of methoxy groups -OCH3 is 1. The summed E-state index contributed by atoms with van der Waals surface area (Å²) in [5.74, 6) is 0.314. The van der Waals surface area contributed by atoms with Crippen LogP contribution in [0.25, 0.3) is 11.1 Å². The summed E-state index contributed by atoms with van der Waals surface area (Å²) >= 11 is 0. The second-order valence-corrected chi connectivity index (χ2v) is 5.77. The standard InChI is InChI=1S/C20H16N4O4/c1-26-20(25)27-16-6-7-17-18(12-16)28-19(24-17)23-14-4-2-13(3-5-14)22-15-8-10-21-11-9-15/h2-12H,1H3,(H,21,22)(H,23,24). The molecule has 2 aromatic carbocycles. The van der Waals surface area contributed by atoms with Gasteiger partial charge in [-0.25, -0.2) is 4.79 Å². The number of nitrogens with one attached hydrogen (secondary N) is 2. The first-order valence-corrected chi connectivity index (χ1v) is 8.40. The number of benzene rings is 2. The molecule has 28 heavy (non-hydrogen) atoms. The van der Waals surface area contributed by atoms with Gasteiger partial charge in [-0.3, -0.25) is 4.98 Å². The highest BCUT2D eigenvalue weighted by molar-refractivity contribution is 5.78. The van der Waals surface area contributed by atoms with Crippen molar-refractivity contribution in [2.45, 2.75) is 0 Å². The Labute approximate surface area is 160 Å². The number of anilines is 4. The molecule has 0 aliphatic heterocycles. The molecule has 2 heterocycles. The summed E-state index contributed by atoms with van der Waals surface area (Å²) in [6.07, 6.45) is 2.66. The van der Waals surface area contributed by atoms with Gasteiger partial charge in [-0.05, 0) is 48.5 Å². The Bertz CT molecular complexity index is 1090. The monoisotopic (exact) mass is 376 g/mol. The smallest absolute Gasteiger partial charge is 0.437 e. The number of nitrogens with zero attached hydrogens (tertiary/aromatic N) is 2. The van der Waals surface area contributed by atoms with Crippen LogP contribution in [0.1, 0.15) is 0 Å². The van der Waals surface area contributed by atoms with Crippen LogP contribution in [0.3, 0.4) is 0 Å². The molecule has 4 aromatic rings. The van der Waals surface area contributed by atoms with Gasteiger partial charge in [0, 0.05) is 35.5 Å². The van der Waals surface area contributed by atoms with Crippen molar-refractivity contribution in [1.82, 2.24) is 9.97 Å². The predicted molar refractivity (Wildman–Crippen MR) is 104 cm³/mol. The van der Waals surface area contributed by atoms with E-state index in [1.54, 1.807) is 30.6 Å². The van der Waals surface area contributed by atoms with Gasteiger partial charge in [-0.2, -0.15) is 4.98 Å². The third kappa shape index (κ3) is 4.01. The van der Waals surface area contributed by atoms with E-state index in [1.165, 1.54) is 7.11 Å². The maximum Gasteiger partial charge on any atom is 0.513 e. The molecule has 0 spiro atoms. The molecule has 4 rings (SSSR count). The van der Waals surface area contributed by atoms with E-state index < -0.39 is 6.16 Å². The molecule has 0 saturated heterocycles. The summed E-state index contributed by atoms with van der Waals surface area (Å²) in [7, 11) is 1.25. The third-order valence-electron chi connectivity index (χ3n) is 3.83. The van der Waals surface area contributed by atoms with Crippen molar-refractivity contribution in [2.75, 3.05) is 17.7 Å². The second-order valence-electron chi connectivity index (χ2n) is 5.77. The fourth-order valence-electron chi connectivity index (χ4n) is 2.52. The molecule has 2 N–H and O–H groups in total. The fourth-order valence-corrected chi connectivity index (χ4v) is 2.52. The zero-order valence-corrected chi connectivity index (χ0v) is 14.9. The topological polar surface area (TPSA) is 98.5 Å². The van der Waals surface area contributed by atoms with E-state index in [0.29, 0.717) is 22.9 Å². The van der Waals surface area contributed by atoms with E-state index >= 15 is 0 Å². The van der Waals surface area contributed by atoms with Gasteiger partial charge in [0.2, 0.25) is 0 Å². The van der Waals surface area contributed by atoms with Crippen molar-refractivity contribution >= 4 is 40.3 Å². The lowest BCUT2D eigenvalue weighted by Crippen LogP contribution is -2.06. The van der Waals surface area contributed by atoms with Crippen molar-refractivity contribution in [3.63, 3.8) is 0 Å². The van der Waals surface area contributed by atoms with Crippen LogP contribution in [-0.2, 0) is 4.74 Å². The van der Waals surface area contributed by atoms with Gasteiger partial charge in [0.05, 0.1) is 7.11 Å². The van der Waals surface area contributed by atoms with Gasteiger partial charge in [0.15, 0.2) is 5.58 Å². The van der Waals surface area contributed by atoms with Crippen LogP contribution in [0.2, 0.25) is 0 Å². The molecule has 0 aliphatic carbocycles.